The number of benzene rings is 2. The van der Waals surface area contributed by atoms with E-state index in [1.54, 1.807) is 12.1 Å². The van der Waals surface area contributed by atoms with Crippen LogP contribution >= 0.6 is 0 Å². The van der Waals surface area contributed by atoms with E-state index in [1.807, 2.05) is 26.2 Å². The normalized spacial score (nSPS) is 11.2. The highest BCUT2D eigenvalue weighted by atomic mass is 16.3. The van der Waals surface area contributed by atoms with Crippen molar-refractivity contribution in [3.63, 3.8) is 0 Å². The first-order valence-corrected chi connectivity index (χ1v) is 6.99. The minimum Gasteiger partial charge on any atom is -0.506 e. The first kappa shape index (κ1) is 14.3. The third kappa shape index (κ3) is 2.71. The topological polar surface area (TPSA) is 69.2 Å². The molecule has 5 nitrogen and oxygen atoms in total. The molecule has 0 aliphatic carbocycles. The van der Waals surface area contributed by atoms with Crippen LogP contribution in [0.4, 0.5) is 0 Å². The standard InChI is InChI=1S/C17H17N3O2/c1-20(2)9-11-4-3-5-12(6-11)13-7-14-16(15(21)8-13)18-10-19-17(14)22/h3-8,10,21H,9H2,1-2H3,(H,18,19,22). The molecular formula is C17H17N3O2. The van der Waals surface area contributed by atoms with Gasteiger partial charge in [0.05, 0.1) is 11.7 Å². The van der Waals surface area contributed by atoms with E-state index in [4.69, 9.17) is 0 Å². The molecule has 0 aliphatic rings. The van der Waals surface area contributed by atoms with Crippen molar-refractivity contribution in [1.82, 2.24) is 14.9 Å². The molecular weight excluding hydrogens is 278 g/mol. The zero-order chi connectivity index (χ0) is 15.7. The largest absolute Gasteiger partial charge is 0.506 e. The van der Waals surface area contributed by atoms with Crippen molar-refractivity contribution in [1.29, 1.82) is 0 Å². The van der Waals surface area contributed by atoms with E-state index < -0.39 is 0 Å². The number of nitrogens with one attached hydrogen (secondary N) is 1. The lowest BCUT2D eigenvalue weighted by molar-refractivity contribution is 0.402. The molecule has 2 aromatic carbocycles. The lowest BCUT2D eigenvalue weighted by Gasteiger charge is -2.11. The van der Waals surface area contributed by atoms with E-state index in [1.165, 1.54) is 11.9 Å². The Morgan fingerprint density at radius 1 is 1.18 bits per heavy atom. The molecule has 22 heavy (non-hydrogen) atoms. The van der Waals surface area contributed by atoms with Gasteiger partial charge in [-0.15, -0.1) is 0 Å². The number of fused-ring (bicyclic) bond motifs is 1. The van der Waals surface area contributed by atoms with E-state index in [9.17, 15) is 9.90 Å². The molecule has 2 N–H and O–H groups in total. The molecule has 0 saturated carbocycles. The van der Waals surface area contributed by atoms with Crippen LogP contribution in [0.25, 0.3) is 22.0 Å². The Morgan fingerprint density at radius 2 is 2.00 bits per heavy atom. The van der Waals surface area contributed by atoms with Crippen LogP contribution in [0.5, 0.6) is 5.75 Å². The fourth-order valence-electron chi connectivity index (χ4n) is 2.54. The van der Waals surface area contributed by atoms with Crippen molar-refractivity contribution in [2.45, 2.75) is 6.54 Å². The van der Waals surface area contributed by atoms with E-state index in [-0.39, 0.29) is 11.3 Å². The van der Waals surface area contributed by atoms with Gasteiger partial charge < -0.3 is 15.0 Å². The molecule has 0 fully saturated rings. The molecule has 0 saturated heterocycles. The van der Waals surface area contributed by atoms with Crippen LogP contribution in [0.2, 0.25) is 0 Å². The average Bonchev–Trinajstić information content (AvgIpc) is 2.48. The summed E-state index contributed by atoms with van der Waals surface area (Å²) in [5.41, 5.74) is 2.98. The molecule has 1 aromatic heterocycles. The summed E-state index contributed by atoms with van der Waals surface area (Å²) in [4.78, 5) is 20.6. The summed E-state index contributed by atoms with van der Waals surface area (Å²) < 4.78 is 0. The lowest BCUT2D eigenvalue weighted by atomic mass is 10.0. The predicted octanol–water partition coefficient (Wildman–Crippen LogP) is 2.36. The molecule has 5 heteroatoms. The van der Waals surface area contributed by atoms with Crippen molar-refractivity contribution in [3.05, 3.63) is 58.6 Å². The molecule has 0 spiro atoms. The van der Waals surface area contributed by atoms with Gasteiger partial charge in [0.1, 0.15) is 11.3 Å². The minimum atomic E-state index is -0.258. The van der Waals surface area contributed by atoms with Gasteiger partial charge in [0.15, 0.2) is 0 Å². The van der Waals surface area contributed by atoms with Crippen LogP contribution in [0.1, 0.15) is 5.56 Å². The van der Waals surface area contributed by atoms with E-state index >= 15 is 0 Å². The zero-order valence-electron chi connectivity index (χ0n) is 12.5. The first-order valence-electron chi connectivity index (χ1n) is 6.99. The summed E-state index contributed by atoms with van der Waals surface area (Å²) in [6.45, 7) is 0.829. The van der Waals surface area contributed by atoms with Crippen molar-refractivity contribution in [3.8, 4) is 16.9 Å². The molecule has 0 aliphatic heterocycles. The molecule has 112 valence electrons. The van der Waals surface area contributed by atoms with Crippen LogP contribution in [-0.2, 0) is 6.54 Å². The second kappa shape index (κ2) is 5.61. The van der Waals surface area contributed by atoms with Crippen molar-refractivity contribution < 1.29 is 5.11 Å². The molecule has 1 heterocycles. The number of aromatic hydroxyl groups is 1. The van der Waals surface area contributed by atoms with E-state index in [2.05, 4.69) is 27.0 Å². The van der Waals surface area contributed by atoms with Crippen molar-refractivity contribution in [2.75, 3.05) is 14.1 Å². The van der Waals surface area contributed by atoms with Gasteiger partial charge in [-0.05, 0) is 49.0 Å². The third-order valence-corrected chi connectivity index (χ3v) is 3.48. The molecule has 0 atom stereocenters. The van der Waals surface area contributed by atoms with Gasteiger partial charge in [0.2, 0.25) is 0 Å². The fourth-order valence-corrected chi connectivity index (χ4v) is 2.54. The molecule has 3 aromatic rings. The lowest BCUT2D eigenvalue weighted by Crippen LogP contribution is -2.10. The highest BCUT2D eigenvalue weighted by Gasteiger charge is 2.09. The van der Waals surface area contributed by atoms with Gasteiger partial charge in [-0.25, -0.2) is 4.98 Å². The maximum absolute atomic E-state index is 11.9. The Balaban J connectivity index is 2.14. The maximum Gasteiger partial charge on any atom is 0.258 e. The Labute approximate surface area is 127 Å². The number of rotatable bonds is 3. The van der Waals surface area contributed by atoms with Crippen LogP contribution < -0.4 is 5.56 Å². The van der Waals surface area contributed by atoms with Crippen LogP contribution in [0.15, 0.2) is 47.5 Å². The first-order chi connectivity index (χ1) is 10.5. The van der Waals surface area contributed by atoms with Gasteiger partial charge in [-0.3, -0.25) is 4.79 Å². The van der Waals surface area contributed by atoms with E-state index in [0.717, 1.165) is 17.7 Å². The monoisotopic (exact) mass is 295 g/mol. The second-order valence-corrected chi connectivity index (χ2v) is 5.56. The Kier molecular flexibility index (Phi) is 3.65. The Morgan fingerprint density at radius 3 is 2.77 bits per heavy atom. The fraction of sp³-hybridized carbons (Fsp3) is 0.176. The second-order valence-electron chi connectivity index (χ2n) is 5.56. The smallest absolute Gasteiger partial charge is 0.258 e. The third-order valence-electron chi connectivity index (χ3n) is 3.48. The number of hydrogen-bond acceptors (Lipinski definition) is 4. The number of H-pyrrole nitrogens is 1. The Bertz CT molecular complexity index is 884. The number of aromatic nitrogens is 2. The predicted molar refractivity (Wildman–Crippen MR) is 86.9 cm³/mol. The summed E-state index contributed by atoms with van der Waals surface area (Å²) in [6, 6.07) is 11.5. The van der Waals surface area contributed by atoms with Crippen molar-refractivity contribution in [2.24, 2.45) is 0 Å². The van der Waals surface area contributed by atoms with Crippen LogP contribution in [0.3, 0.4) is 0 Å². The quantitative estimate of drug-likeness (QED) is 0.778. The molecule has 0 amide bonds. The summed E-state index contributed by atoms with van der Waals surface area (Å²) in [5, 5.41) is 10.5. The molecule has 0 bridgehead atoms. The minimum absolute atomic E-state index is 0.0108. The van der Waals surface area contributed by atoms with E-state index in [0.29, 0.717) is 10.9 Å². The van der Waals surface area contributed by atoms with Gasteiger partial charge in [-0.1, -0.05) is 18.2 Å². The van der Waals surface area contributed by atoms with Gasteiger partial charge in [0, 0.05) is 6.54 Å². The maximum atomic E-state index is 11.9. The molecule has 0 radical (unpaired) electrons. The van der Waals surface area contributed by atoms with Gasteiger partial charge >= 0.3 is 0 Å². The number of hydrogen-bond donors (Lipinski definition) is 2. The summed E-state index contributed by atoms with van der Waals surface area (Å²) in [6.07, 6.45) is 1.29. The zero-order valence-corrected chi connectivity index (χ0v) is 12.5. The van der Waals surface area contributed by atoms with Crippen LogP contribution in [-0.4, -0.2) is 34.1 Å². The Hall–Kier alpha value is -2.66. The van der Waals surface area contributed by atoms with Crippen LogP contribution in [0, 0.1) is 0 Å². The number of phenols is 1. The number of nitrogens with zero attached hydrogens (tertiary/aromatic N) is 2. The summed E-state index contributed by atoms with van der Waals surface area (Å²) in [5.74, 6) is 0.0108. The average molecular weight is 295 g/mol. The number of aromatic amines is 1. The SMILES string of the molecule is CN(C)Cc1cccc(-c2cc(O)c3nc[nH]c(=O)c3c2)c1. The highest BCUT2D eigenvalue weighted by molar-refractivity contribution is 5.88. The molecule has 0 unspecified atom stereocenters. The summed E-state index contributed by atoms with van der Waals surface area (Å²) >= 11 is 0. The summed E-state index contributed by atoms with van der Waals surface area (Å²) in [7, 11) is 4.03. The van der Waals surface area contributed by atoms with Crippen molar-refractivity contribution >= 4 is 10.9 Å². The molecule has 3 rings (SSSR count). The van der Waals surface area contributed by atoms with Gasteiger partial charge in [-0.2, -0.15) is 0 Å². The highest BCUT2D eigenvalue weighted by Crippen LogP contribution is 2.29. The van der Waals surface area contributed by atoms with Gasteiger partial charge in [0.25, 0.3) is 5.56 Å². The number of phenolic OH excluding ortho intramolecular Hbond substituents is 1.